The van der Waals surface area contributed by atoms with E-state index in [-0.39, 0.29) is 36.3 Å². The van der Waals surface area contributed by atoms with Crippen molar-refractivity contribution in [2.75, 3.05) is 17.2 Å². The van der Waals surface area contributed by atoms with Crippen LogP contribution < -0.4 is 10.0 Å². The van der Waals surface area contributed by atoms with E-state index in [1.54, 1.807) is 18.2 Å². The Balaban J connectivity index is 2.20. The van der Waals surface area contributed by atoms with E-state index in [4.69, 9.17) is 5.14 Å². The molecule has 104 valence electrons. The second-order valence-electron chi connectivity index (χ2n) is 4.90. The van der Waals surface area contributed by atoms with Crippen molar-refractivity contribution in [1.29, 1.82) is 0 Å². The minimum atomic E-state index is -3.59. The van der Waals surface area contributed by atoms with E-state index >= 15 is 0 Å². The summed E-state index contributed by atoms with van der Waals surface area (Å²) >= 11 is 0. The van der Waals surface area contributed by atoms with Gasteiger partial charge in [0.25, 0.3) is 0 Å². The van der Waals surface area contributed by atoms with E-state index in [2.05, 4.69) is 0 Å². The lowest BCUT2D eigenvalue weighted by Crippen LogP contribution is -2.27. The quantitative estimate of drug-likeness (QED) is 0.835. The Kier molecular flexibility index (Phi) is 3.51. The summed E-state index contributed by atoms with van der Waals surface area (Å²) in [6.07, 6.45) is 0.129. The number of carbonyl (C=O) groups excluding carboxylic acids is 1. The third-order valence-electron chi connectivity index (χ3n) is 3.09. The van der Waals surface area contributed by atoms with Crippen LogP contribution in [0.4, 0.5) is 5.69 Å². The Labute approximate surface area is 111 Å². The zero-order chi connectivity index (χ0) is 14.2. The molecule has 1 atom stereocenters. The second-order valence-corrected chi connectivity index (χ2v) is 6.56. The second kappa shape index (κ2) is 4.82. The molecule has 1 aliphatic heterocycles. The van der Waals surface area contributed by atoms with Crippen LogP contribution in [0.3, 0.4) is 0 Å². The van der Waals surface area contributed by atoms with E-state index in [1.807, 2.05) is 6.92 Å². The summed E-state index contributed by atoms with van der Waals surface area (Å²) in [5.41, 5.74) is 1.29. The fraction of sp³-hybridized carbons (Fsp3) is 0.417. The molecule has 2 rings (SSSR count). The minimum absolute atomic E-state index is 0.0182. The van der Waals surface area contributed by atoms with Crippen molar-refractivity contribution in [3.63, 3.8) is 0 Å². The number of nitrogens with zero attached hydrogens (tertiary/aromatic N) is 1. The van der Waals surface area contributed by atoms with Gasteiger partial charge in [-0.1, -0.05) is 6.07 Å². The summed E-state index contributed by atoms with van der Waals surface area (Å²) in [5, 5.41) is 14.8. The highest BCUT2D eigenvalue weighted by molar-refractivity contribution is 7.89. The molecule has 0 radical (unpaired) electrons. The number of nitrogens with two attached hydrogens (primary N) is 1. The first kappa shape index (κ1) is 13.8. The van der Waals surface area contributed by atoms with E-state index in [9.17, 15) is 18.3 Å². The lowest BCUT2D eigenvalue weighted by Gasteiger charge is -2.18. The van der Waals surface area contributed by atoms with Crippen LogP contribution in [0.2, 0.25) is 0 Å². The number of amides is 1. The molecule has 0 spiro atoms. The minimum Gasteiger partial charge on any atom is -0.506 e. The Morgan fingerprint density at radius 1 is 1.47 bits per heavy atom. The van der Waals surface area contributed by atoms with Crippen LogP contribution in [-0.2, 0) is 14.8 Å². The molecule has 1 fully saturated rings. The lowest BCUT2D eigenvalue weighted by molar-refractivity contribution is -0.117. The maximum atomic E-state index is 11.9. The number of carbonyl (C=O) groups is 1. The van der Waals surface area contributed by atoms with Gasteiger partial charge in [0, 0.05) is 18.9 Å². The van der Waals surface area contributed by atoms with Crippen LogP contribution in [0.5, 0.6) is 5.75 Å². The van der Waals surface area contributed by atoms with Crippen molar-refractivity contribution in [2.24, 2.45) is 11.1 Å². The number of primary sulfonamides is 1. The molecule has 0 saturated carbocycles. The first-order chi connectivity index (χ1) is 8.76. The van der Waals surface area contributed by atoms with Crippen molar-refractivity contribution in [2.45, 2.75) is 13.3 Å². The van der Waals surface area contributed by atoms with Crippen molar-refractivity contribution in [3.8, 4) is 5.75 Å². The summed E-state index contributed by atoms with van der Waals surface area (Å²) in [6, 6.07) is 5.01. The van der Waals surface area contributed by atoms with Gasteiger partial charge in [0.1, 0.15) is 5.75 Å². The summed E-state index contributed by atoms with van der Waals surface area (Å²) in [6.45, 7) is 2.09. The number of aromatic hydroxyl groups is 1. The molecule has 7 heteroatoms. The van der Waals surface area contributed by atoms with Gasteiger partial charge in [0.2, 0.25) is 15.9 Å². The number of aryl methyl sites for hydroxylation is 1. The Bertz CT molecular complexity index is 612. The van der Waals surface area contributed by atoms with E-state index in [1.165, 1.54) is 4.90 Å². The molecule has 1 saturated heterocycles. The van der Waals surface area contributed by atoms with E-state index < -0.39 is 10.0 Å². The van der Waals surface area contributed by atoms with Gasteiger partial charge < -0.3 is 10.0 Å². The fourth-order valence-electron chi connectivity index (χ4n) is 2.32. The van der Waals surface area contributed by atoms with Crippen LogP contribution in [-0.4, -0.2) is 31.7 Å². The van der Waals surface area contributed by atoms with E-state index in [0.29, 0.717) is 5.69 Å². The standard InChI is InChI=1S/C12H16N2O4S/c1-8-2-3-10(11(15)4-8)14-6-9(5-12(14)16)7-19(13,17)18/h2-4,9,15H,5-7H2,1H3,(H2,13,17,18). The van der Waals surface area contributed by atoms with Crippen LogP contribution in [0.15, 0.2) is 18.2 Å². The molecule has 3 N–H and O–H groups in total. The molecule has 1 aromatic carbocycles. The summed E-state index contributed by atoms with van der Waals surface area (Å²) in [4.78, 5) is 13.3. The number of phenols is 1. The number of benzene rings is 1. The highest BCUT2D eigenvalue weighted by Gasteiger charge is 2.33. The zero-order valence-corrected chi connectivity index (χ0v) is 11.4. The number of hydrogen-bond acceptors (Lipinski definition) is 4. The summed E-state index contributed by atoms with van der Waals surface area (Å²) in [7, 11) is -3.59. The SMILES string of the molecule is Cc1ccc(N2CC(CS(N)(=O)=O)CC2=O)c(O)c1. The van der Waals surface area contributed by atoms with Crippen LogP contribution in [0, 0.1) is 12.8 Å². The molecule has 19 heavy (non-hydrogen) atoms. The lowest BCUT2D eigenvalue weighted by atomic mass is 10.1. The Hall–Kier alpha value is -1.60. The van der Waals surface area contributed by atoms with Gasteiger partial charge in [0.15, 0.2) is 0 Å². The van der Waals surface area contributed by atoms with Crippen LogP contribution >= 0.6 is 0 Å². The van der Waals surface area contributed by atoms with Gasteiger partial charge in [0.05, 0.1) is 11.4 Å². The van der Waals surface area contributed by atoms with Gasteiger partial charge in [-0.25, -0.2) is 13.6 Å². The molecule has 1 amide bonds. The highest BCUT2D eigenvalue weighted by atomic mass is 32.2. The topological polar surface area (TPSA) is 101 Å². The van der Waals surface area contributed by atoms with Gasteiger partial charge in [-0.15, -0.1) is 0 Å². The van der Waals surface area contributed by atoms with Crippen molar-refractivity contribution >= 4 is 21.6 Å². The van der Waals surface area contributed by atoms with Gasteiger partial charge in [-0.05, 0) is 24.6 Å². The first-order valence-electron chi connectivity index (χ1n) is 5.87. The maximum Gasteiger partial charge on any atom is 0.227 e. The summed E-state index contributed by atoms with van der Waals surface area (Å²) < 4.78 is 22.1. The Morgan fingerprint density at radius 2 is 2.16 bits per heavy atom. The third kappa shape index (κ3) is 3.24. The molecular weight excluding hydrogens is 268 g/mol. The smallest absolute Gasteiger partial charge is 0.227 e. The normalized spacial score (nSPS) is 20.0. The average molecular weight is 284 g/mol. The third-order valence-corrected chi connectivity index (χ3v) is 4.03. The van der Waals surface area contributed by atoms with Crippen LogP contribution in [0.25, 0.3) is 0 Å². The van der Waals surface area contributed by atoms with Gasteiger partial charge >= 0.3 is 0 Å². The zero-order valence-electron chi connectivity index (χ0n) is 10.5. The number of anilines is 1. The Morgan fingerprint density at radius 3 is 2.74 bits per heavy atom. The number of phenolic OH excluding ortho intramolecular Hbond substituents is 1. The van der Waals surface area contributed by atoms with Gasteiger partial charge in [-0.3, -0.25) is 4.79 Å². The van der Waals surface area contributed by atoms with Crippen molar-refractivity contribution in [3.05, 3.63) is 23.8 Å². The molecule has 1 unspecified atom stereocenters. The number of sulfonamides is 1. The molecule has 1 aromatic rings. The van der Waals surface area contributed by atoms with Crippen molar-refractivity contribution in [1.82, 2.24) is 0 Å². The maximum absolute atomic E-state index is 11.9. The predicted molar refractivity (Wildman–Crippen MR) is 71.3 cm³/mol. The molecule has 1 heterocycles. The molecule has 0 aromatic heterocycles. The fourth-order valence-corrected chi connectivity index (χ4v) is 3.20. The number of hydrogen-bond donors (Lipinski definition) is 2. The average Bonchev–Trinajstić information content (AvgIpc) is 2.56. The van der Waals surface area contributed by atoms with Crippen LogP contribution in [0.1, 0.15) is 12.0 Å². The first-order valence-corrected chi connectivity index (χ1v) is 7.58. The van der Waals surface area contributed by atoms with E-state index in [0.717, 1.165) is 5.56 Å². The monoisotopic (exact) mass is 284 g/mol. The number of rotatable bonds is 3. The van der Waals surface area contributed by atoms with Gasteiger partial charge in [-0.2, -0.15) is 0 Å². The molecule has 6 nitrogen and oxygen atoms in total. The molecule has 1 aliphatic rings. The molecular formula is C12H16N2O4S. The summed E-state index contributed by atoms with van der Waals surface area (Å²) in [5.74, 6) is -0.734. The molecule has 0 aliphatic carbocycles. The largest absolute Gasteiger partial charge is 0.506 e. The molecule has 0 bridgehead atoms. The van der Waals surface area contributed by atoms with Crippen molar-refractivity contribution < 1.29 is 18.3 Å². The predicted octanol–water partition coefficient (Wildman–Crippen LogP) is 0.342. The highest BCUT2D eigenvalue weighted by Crippen LogP contribution is 2.33.